The maximum absolute atomic E-state index is 12.5. The van der Waals surface area contributed by atoms with Gasteiger partial charge in [-0.1, -0.05) is 0 Å². The van der Waals surface area contributed by atoms with Crippen molar-refractivity contribution in [1.29, 1.82) is 5.41 Å². The number of H-pyrrole nitrogens is 1. The Bertz CT molecular complexity index is 513. The number of nitrogens with zero attached hydrogens (tertiary/aromatic N) is 1. The molecule has 2 rings (SSSR count). The Morgan fingerprint density at radius 3 is 2.76 bits per heavy atom. The highest BCUT2D eigenvalue weighted by Crippen LogP contribution is 2.28. The molecule has 0 aromatic carbocycles. The van der Waals surface area contributed by atoms with E-state index < -0.39 is 36.9 Å². The molecule has 0 radical (unpaired) electrons. The zero-order valence-corrected chi connectivity index (χ0v) is 8.71. The SMILES string of the molecule is N=c1ccn(C2OC(CF)C(O)C2O)c(=O)[nH]1. The molecule has 4 atom stereocenters. The van der Waals surface area contributed by atoms with Crippen LogP contribution in [0.1, 0.15) is 6.23 Å². The normalized spacial score (nSPS) is 32.9. The lowest BCUT2D eigenvalue weighted by Crippen LogP contribution is -2.37. The van der Waals surface area contributed by atoms with Gasteiger partial charge in [0, 0.05) is 6.20 Å². The maximum Gasteiger partial charge on any atom is 0.329 e. The Hall–Kier alpha value is -1.51. The molecule has 4 N–H and O–H groups in total. The van der Waals surface area contributed by atoms with Gasteiger partial charge in [-0.05, 0) is 6.07 Å². The molecular formula is C9H12FN3O4. The first kappa shape index (κ1) is 12.0. The van der Waals surface area contributed by atoms with Gasteiger partial charge in [0.15, 0.2) is 6.23 Å². The van der Waals surface area contributed by atoms with Crippen LogP contribution in [0.5, 0.6) is 0 Å². The second-order valence-corrected chi connectivity index (χ2v) is 3.77. The zero-order valence-electron chi connectivity index (χ0n) is 8.71. The van der Waals surface area contributed by atoms with Gasteiger partial charge in [-0.3, -0.25) is 15.0 Å². The minimum Gasteiger partial charge on any atom is -0.387 e. The van der Waals surface area contributed by atoms with Crippen LogP contribution in [0.25, 0.3) is 0 Å². The Morgan fingerprint density at radius 2 is 2.24 bits per heavy atom. The molecule has 1 saturated heterocycles. The maximum atomic E-state index is 12.5. The van der Waals surface area contributed by atoms with Gasteiger partial charge in [0.25, 0.3) is 0 Å². The molecule has 1 aromatic heterocycles. The Labute approximate surface area is 94.6 Å². The third-order valence-electron chi connectivity index (χ3n) is 2.64. The molecule has 1 aliphatic rings. The molecule has 94 valence electrons. The monoisotopic (exact) mass is 245 g/mol. The summed E-state index contributed by atoms with van der Waals surface area (Å²) in [7, 11) is 0. The van der Waals surface area contributed by atoms with Crippen molar-refractivity contribution in [1.82, 2.24) is 9.55 Å². The second kappa shape index (κ2) is 4.40. The van der Waals surface area contributed by atoms with Crippen molar-refractivity contribution in [3.05, 3.63) is 28.2 Å². The van der Waals surface area contributed by atoms with E-state index in [0.717, 1.165) is 4.57 Å². The quantitative estimate of drug-likeness (QED) is 0.494. The first-order valence-corrected chi connectivity index (χ1v) is 4.98. The Kier molecular flexibility index (Phi) is 3.09. The fourth-order valence-electron chi connectivity index (χ4n) is 1.73. The minimum atomic E-state index is -1.39. The highest BCUT2D eigenvalue weighted by atomic mass is 19.1. The van der Waals surface area contributed by atoms with E-state index in [1.807, 2.05) is 0 Å². The van der Waals surface area contributed by atoms with E-state index in [0.29, 0.717) is 0 Å². The number of hydrogen-bond acceptors (Lipinski definition) is 5. The van der Waals surface area contributed by atoms with Gasteiger partial charge in [0.2, 0.25) is 0 Å². The van der Waals surface area contributed by atoms with Crippen LogP contribution in [0.4, 0.5) is 4.39 Å². The highest BCUT2D eigenvalue weighted by Gasteiger charge is 2.43. The number of rotatable bonds is 2. The molecule has 0 amide bonds. The third-order valence-corrected chi connectivity index (χ3v) is 2.64. The zero-order chi connectivity index (χ0) is 12.6. The fourth-order valence-corrected chi connectivity index (χ4v) is 1.73. The lowest BCUT2D eigenvalue weighted by Gasteiger charge is -2.16. The number of aliphatic hydroxyl groups excluding tert-OH is 2. The predicted octanol–water partition coefficient (Wildman–Crippen LogP) is -1.76. The summed E-state index contributed by atoms with van der Waals surface area (Å²) in [4.78, 5) is 13.7. The number of aromatic amines is 1. The molecular weight excluding hydrogens is 233 g/mol. The first-order chi connectivity index (χ1) is 8.04. The molecule has 17 heavy (non-hydrogen) atoms. The Balaban J connectivity index is 2.35. The van der Waals surface area contributed by atoms with E-state index in [2.05, 4.69) is 4.98 Å². The third kappa shape index (κ3) is 2.02. The molecule has 4 unspecified atom stereocenters. The van der Waals surface area contributed by atoms with Crippen LogP contribution in [-0.4, -0.2) is 44.8 Å². The molecule has 1 aromatic rings. The summed E-state index contributed by atoms with van der Waals surface area (Å²) in [5.41, 5.74) is -0.769. The molecule has 0 spiro atoms. The van der Waals surface area contributed by atoms with Crippen molar-refractivity contribution in [2.75, 3.05) is 6.67 Å². The number of halogens is 1. The van der Waals surface area contributed by atoms with Gasteiger partial charge in [-0.15, -0.1) is 0 Å². The van der Waals surface area contributed by atoms with Crippen molar-refractivity contribution in [3.63, 3.8) is 0 Å². The van der Waals surface area contributed by atoms with Crippen LogP contribution in [0.15, 0.2) is 17.1 Å². The predicted molar refractivity (Wildman–Crippen MR) is 52.8 cm³/mol. The summed E-state index contributed by atoms with van der Waals surface area (Å²) >= 11 is 0. The molecule has 1 aliphatic heterocycles. The lowest BCUT2D eigenvalue weighted by atomic mass is 10.1. The summed E-state index contributed by atoms with van der Waals surface area (Å²) < 4.78 is 18.5. The summed E-state index contributed by atoms with van der Waals surface area (Å²) in [5, 5.41) is 26.3. The van der Waals surface area contributed by atoms with Crippen LogP contribution >= 0.6 is 0 Å². The van der Waals surface area contributed by atoms with Crippen molar-refractivity contribution >= 4 is 0 Å². The van der Waals surface area contributed by atoms with Crippen LogP contribution in [0.3, 0.4) is 0 Å². The molecule has 1 fully saturated rings. The van der Waals surface area contributed by atoms with Crippen molar-refractivity contribution in [2.24, 2.45) is 0 Å². The molecule has 8 heteroatoms. The summed E-state index contributed by atoms with van der Waals surface area (Å²) in [6.45, 7) is -0.955. The summed E-state index contributed by atoms with van der Waals surface area (Å²) in [6.07, 6.45) is -3.85. The highest BCUT2D eigenvalue weighted by molar-refractivity contribution is 4.92. The van der Waals surface area contributed by atoms with Crippen LogP contribution in [0, 0.1) is 5.41 Å². The smallest absolute Gasteiger partial charge is 0.329 e. The average Bonchev–Trinajstić information content (AvgIpc) is 2.57. The van der Waals surface area contributed by atoms with E-state index in [-0.39, 0.29) is 5.49 Å². The average molecular weight is 245 g/mol. The number of ether oxygens (including phenoxy) is 1. The summed E-state index contributed by atoms with van der Waals surface area (Å²) in [5.74, 6) is 0. The van der Waals surface area contributed by atoms with Gasteiger partial charge in [0.1, 0.15) is 30.5 Å². The largest absolute Gasteiger partial charge is 0.387 e. The van der Waals surface area contributed by atoms with Crippen LogP contribution in [-0.2, 0) is 4.74 Å². The van der Waals surface area contributed by atoms with E-state index in [1.165, 1.54) is 12.3 Å². The van der Waals surface area contributed by atoms with Gasteiger partial charge in [0.05, 0.1) is 0 Å². The molecule has 2 heterocycles. The van der Waals surface area contributed by atoms with E-state index in [1.54, 1.807) is 0 Å². The number of nitrogens with one attached hydrogen (secondary N) is 2. The van der Waals surface area contributed by atoms with Gasteiger partial charge in [-0.2, -0.15) is 0 Å². The van der Waals surface area contributed by atoms with Crippen molar-refractivity contribution in [3.8, 4) is 0 Å². The number of aliphatic hydroxyl groups is 2. The standard InChI is InChI=1S/C9H12FN3O4/c10-3-4-6(14)7(15)8(17-4)13-2-1-5(11)12-9(13)16/h1-2,4,6-8,14-15H,3H2,(H2,11,12,16). The number of alkyl halides is 1. The van der Waals surface area contributed by atoms with Gasteiger partial charge in [-0.25, -0.2) is 9.18 Å². The van der Waals surface area contributed by atoms with Crippen molar-refractivity contribution < 1.29 is 19.3 Å². The number of aromatic nitrogens is 2. The van der Waals surface area contributed by atoms with E-state index in [9.17, 15) is 19.4 Å². The summed E-state index contributed by atoms with van der Waals surface area (Å²) in [6, 6.07) is 1.28. The molecule has 0 bridgehead atoms. The lowest BCUT2D eigenvalue weighted by molar-refractivity contribution is -0.0455. The van der Waals surface area contributed by atoms with E-state index in [4.69, 9.17) is 10.1 Å². The van der Waals surface area contributed by atoms with Crippen molar-refractivity contribution in [2.45, 2.75) is 24.5 Å². The van der Waals surface area contributed by atoms with E-state index >= 15 is 0 Å². The first-order valence-electron chi connectivity index (χ1n) is 4.98. The molecule has 7 nitrogen and oxygen atoms in total. The topological polar surface area (TPSA) is 111 Å². The molecule has 0 aliphatic carbocycles. The van der Waals surface area contributed by atoms with Gasteiger partial charge < -0.3 is 14.9 Å². The second-order valence-electron chi connectivity index (χ2n) is 3.77. The number of hydrogen-bond donors (Lipinski definition) is 4. The molecule has 0 saturated carbocycles. The van der Waals surface area contributed by atoms with Crippen LogP contribution in [0.2, 0.25) is 0 Å². The minimum absolute atomic E-state index is 0.0960. The van der Waals surface area contributed by atoms with Crippen LogP contribution < -0.4 is 11.2 Å². The fraction of sp³-hybridized carbons (Fsp3) is 0.556. The Morgan fingerprint density at radius 1 is 1.53 bits per heavy atom. The van der Waals surface area contributed by atoms with Gasteiger partial charge >= 0.3 is 5.69 Å².